The molecule has 0 saturated heterocycles. The zero-order valence-corrected chi connectivity index (χ0v) is 12.0. The van der Waals surface area contributed by atoms with Gasteiger partial charge in [0, 0.05) is 18.6 Å². The Morgan fingerprint density at radius 2 is 1.61 bits per heavy atom. The van der Waals surface area contributed by atoms with Crippen LogP contribution in [0.5, 0.6) is 0 Å². The van der Waals surface area contributed by atoms with Gasteiger partial charge in [-0.2, -0.15) is 0 Å². The maximum Gasteiger partial charge on any atom is 0.0221 e. The molecule has 0 amide bonds. The van der Waals surface area contributed by atoms with E-state index in [0.29, 0.717) is 5.54 Å². The Morgan fingerprint density at radius 1 is 1.06 bits per heavy atom. The zero-order chi connectivity index (χ0) is 12.3. The lowest BCUT2D eigenvalue weighted by molar-refractivity contribution is -0.0898. The molecule has 18 heavy (non-hydrogen) atoms. The van der Waals surface area contributed by atoms with Crippen LogP contribution in [0, 0.1) is 23.7 Å². The number of rotatable bonds is 1. The molecule has 1 heteroatoms. The van der Waals surface area contributed by atoms with Gasteiger partial charge in [-0.05, 0) is 69.1 Å². The Balaban J connectivity index is 1.62. The van der Waals surface area contributed by atoms with E-state index < -0.39 is 0 Å². The van der Waals surface area contributed by atoms with Crippen LogP contribution in [0.2, 0.25) is 0 Å². The van der Waals surface area contributed by atoms with E-state index >= 15 is 0 Å². The highest BCUT2D eigenvalue weighted by Crippen LogP contribution is 2.58. The smallest absolute Gasteiger partial charge is 0.0221 e. The van der Waals surface area contributed by atoms with Crippen molar-refractivity contribution in [2.75, 3.05) is 13.1 Å². The molecule has 0 aromatic carbocycles. The van der Waals surface area contributed by atoms with Crippen molar-refractivity contribution in [1.82, 2.24) is 4.90 Å². The third-order valence-electron chi connectivity index (χ3n) is 6.19. The Kier molecular flexibility index (Phi) is 2.46. The maximum absolute atomic E-state index is 2.90. The van der Waals surface area contributed by atoms with Gasteiger partial charge in [-0.1, -0.05) is 18.6 Å². The summed E-state index contributed by atoms with van der Waals surface area (Å²) in [7, 11) is 0. The van der Waals surface area contributed by atoms with Crippen molar-refractivity contribution in [3.05, 3.63) is 11.6 Å². The van der Waals surface area contributed by atoms with Gasteiger partial charge in [0.05, 0.1) is 0 Å². The van der Waals surface area contributed by atoms with Gasteiger partial charge in [0.1, 0.15) is 0 Å². The van der Waals surface area contributed by atoms with Gasteiger partial charge in [-0.15, -0.1) is 0 Å². The van der Waals surface area contributed by atoms with Gasteiger partial charge < -0.3 is 0 Å². The molecule has 0 spiro atoms. The summed E-state index contributed by atoms with van der Waals surface area (Å²) in [6.45, 7) is 7.32. The van der Waals surface area contributed by atoms with Gasteiger partial charge in [0.25, 0.3) is 0 Å². The highest BCUT2D eigenvalue weighted by atomic mass is 15.2. The Morgan fingerprint density at radius 3 is 2.11 bits per heavy atom. The summed E-state index contributed by atoms with van der Waals surface area (Å²) in [6, 6.07) is 0. The molecule has 4 aliphatic carbocycles. The van der Waals surface area contributed by atoms with Crippen molar-refractivity contribution >= 4 is 0 Å². The molecular formula is C17H27N. The Labute approximate surface area is 112 Å². The van der Waals surface area contributed by atoms with E-state index in [2.05, 4.69) is 24.8 Å². The molecule has 1 nitrogen and oxygen atoms in total. The predicted molar refractivity (Wildman–Crippen MR) is 75.4 cm³/mol. The molecule has 5 rings (SSSR count). The molecule has 5 aliphatic rings. The van der Waals surface area contributed by atoms with Gasteiger partial charge >= 0.3 is 0 Å². The van der Waals surface area contributed by atoms with Crippen molar-refractivity contribution in [3.8, 4) is 0 Å². The first-order valence-electron chi connectivity index (χ1n) is 8.05. The minimum atomic E-state index is 0.624. The molecule has 100 valence electrons. The topological polar surface area (TPSA) is 3.24 Å². The molecule has 1 atom stereocenters. The summed E-state index contributed by atoms with van der Waals surface area (Å²) in [5.74, 6) is 4.01. The lowest BCUT2D eigenvalue weighted by Gasteiger charge is -2.61. The predicted octanol–water partition coefficient (Wildman–Crippen LogP) is 3.85. The average Bonchev–Trinajstić information content (AvgIpc) is 2.25. The molecule has 0 radical (unpaired) electrons. The summed E-state index contributed by atoms with van der Waals surface area (Å²) >= 11 is 0. The van der Waals surface area contributed by atoms with Gasteiger partial charge in [0.2, 0.25) is 0 Å². The van der Waals surface area contributed by atoms with Crippen LogP contribution in [0.15, 0.2) is 11.6 Å². The van der Waals surface area contributed by atoms with Gasteiger partial charge in [-0.3, -0.25) is 4.90 Å². The number of nitrogens with zero attached hydrogens (tertiary/aromatic N) is 1. The summed E-state index contributed by atoms with van der Waals surface area (Å²) in [4.78, 5) is 2.90. The van der Waals surface area contributed by atoms with E-state index in [1.165, 1.54) is 32.4 Å². The van der Waals surface area contributed by atoms with Crippen LogP contribution in [0.4, 0.5) is 0 Å². The Hall–Kier alpha value is -0.300. The molecule has 0 aromatic heterocycles. The first-order chi connectivity index (χ1) is 8.63. The maximum atomic E-state index is 2.90. The highest BCUT2D eigenvalue weighted by molar-refractivity contribution is 5.14. The van der Waals surface area contributed by atoms with E-state index in [-0.39, 0.29) is 0 Å². The van der Waals surface area contributed by atoms with Gasteiger partial charge in [-0.25, -0.2) is 0 Å². The molecule has 0 N–H and O–H groups in total. The second kappa shape index (κ2) is 3.85. The van der Waals surface area contributed by atoms with Crippen LogP contribution in [0.1, 0.15) is 52.4 Å². The first kappa shape index (κ1) is 11.5. The van der Waals surface area contributed by atoms with E-state index in [0.717, 1.165) is 23.7 Å². The van der Waals surface area contributed by atoms with Crippen LogP contribution < -0.4 is 0 Å². The van der Waals surface area contributed by atoms with Crippen molar-refractivity contribution in [2.45, 2.75) is 57.9 Å². The van der Waals surface area contributed by atoms with Crippen molar-refractivity contribution < 1.29 is 0 Å². The summed E-state index contributed by atoms with van der Waals surface area (Å²) in [5, 5.41) is 0. The zero-order valence-electron chi connectivity index (χ0n) is 12.0. The van der Waals surface area contributed by atoms with E-state index in [1.54, 1.807) is 24.8 Å². The summed E-state index contributed by atoms with van der Waals surface area (Å²) in [5.41, 5.74) is 2.24. The monoisotopic (exact) mass is 245 g/mol. The second-order valence-electron chi connectivity index (χ2n) is 8.01. The highest BCUT2D eigenvalue weighted by Gasteiger charge is 2.53. The molecule has 1 aliphatic heterocycles. The number of hydrogen-bond donors (Lipinski definition) is 0. The van der Waals surface area contributed by atoms with Crippen LogP contribution in [0.3, 0.4) is 0 Å². The third-order valence-corrected chi connectivity index (χ3v) is 6.19. The lowest BCUT2D eigenvalue weighted by atomic mass is 9.52. The van der Waals surface area contributed by atoms with E-state index in [4.69, 9.17) is 0 Å². The van der Waals surface area contributed by atoms with Crippen molar-refractivity contribution in [1.29, 1.82) is 0 Å². The molecular weight excluding hydrogens is 218 g/mol. The SMILES string of the molecule is CC1=C[C@H](C)CN(C23CC4CC(CC(C4)C2)C3)C1. The number of hydrogen-bond acceptors (Lipinski definition) is 1. The second-order valence-corrected chi connectivity index (χ2v) is 8.01. The van der Waals surface area contributed by atoms with Crippen LogP contribution in [-0.2, 0) is 0 Å². The summed E-state index contributed by atoms with van der Waals surface area (Å²) < 4.78 is 0. The fourth-order valence-corrected chi connectivity index (χ4v) is 6.12. The minimum absolute atomic E-state index is 0.624. The normalized spacial score (nSPS) is 51.6. The first-order valence-corrected chi connectivity index (χ1v) is 8.05. The minimum Gasteiger partial charge on any atom is -0.293 e. The molecule has 1 heterocycles. The molecule has 4 fully saturated rings. The van der Waals surface area contributed by atoms with Crippen molar-refractivity contribution in [2.24, 2.45) is 23.7 Å². The van der Waals surface area contributed by atoms with Crippen LogP contribution >= 0.6 is 0 Å². The molecule has 0 aromatic rings. The average molecular weight is 245 g/mol. The summed E-state index contributed by atoms with van der Waals surface area (Å²) in [6.07, 6.45) is 11.8. The molecule has 4 saturated carbocycles. The quantitative estimate of drug-likeness (QED) is 0.634. The third kappa shape index (κ3) is 1.70. The van der Waals surface area contributed by atoms with E-state index in [1.807, 2.05) is 0 Å². The van der Waals surface area contributed by atoms with Gasteiger partial charge in [0.15, 0.2) is 0 Å². The fraction of sp³-hybridized carbons (Fsp3) is 0.882. The molecule has 0 unspecified atom stereocenters. The Bertz CT molecular complexity index is 346. The van der Waals surface area contributed by atoms with E-state index in [9.17, 15) is 0 Å². The lowest BCUT2D eigenvalue weighted by Crippen LogP contribution is -2.61. The van der Waals surface area contributed by atoms with Crippen molar-refractivity contribution in [3.63, 3.8) is 0 Å². The fourth-order valence-electron chi connectivity index (χ4n) is 6.12. The van der Waals surface area contributed by atoms with Crippen LogP contribution in [0.25, 0.3) is 0 Å². The standard InChI is InChI=1S/C17H27N/c1-12-3-13(2)11-18(10-12)17-7-14-4-15(8-17)6-16(5-14)9-17/h3,12,14-16H,4-11H2,1-2H3/t12-,14?,15?,16?,17?/m0/s1. The largest absolute Gasteiger partial charge is 0.293 e. The molecule has 4 bridgehead atoms. The van der Waals surface area contributed by atoms with Crippen LogP contribution in [-0.4, -0.2) is 23.5 Å².